The van der Waals surface area contributed by atoms with E-state index >= 15 is 0 Å². The van der Waals surface area contributed by atoms with Gasteiger partial charge >= 0.3 is 0 Å². The van der Waals surface area contributed by atoms with Gasteiger partial charge in [-0.15, -0.1) is 0 Å². The van der Waals surface area contributed by atoms with Gasteiger partial charge in [0.2, 0.25) is 0 Å². The number of benzene rings is 1. The third-order valence-corrected chi connectivity index (χ3v) is 3.80. The number of hydrogen-bond acceptors (Lipinski definition) is 4. The molecule has 0 aliphatic heterocycles. The molecule has 0 unspecified atom stereocenters. The Morgan fingerprint density at radius 1 is 1.24 bits per heavy atom. The van der Waals surface area contributed by atoms with Gasteiger partial charge in [0.15, 0.2) is 11.5 Å². The van der Waals surface area contributed by atoms with Gasteiger partial charge in [0.1, 0.15) is 0 Å². The molecule has 0 heterocycles. The van der Waals surface area contributed by atoms with Crippen molar-refractivity contribution in [1.29, 1.82) is 0 Å². The summed E-state index contributed by atoms with van der Waals surface area (Å²) in [5.74, 6) is 1.02. The van der Waals surface area contributed by atoms with Crippen molar-refractivity contribution in [1.82, 2.24) is 5.32 Å². The third kappa shape index (κ3) is 3.47. The zero-order chi connectivity index (χ0) is 15.3. The molecule has 21 heavy (non-hydrogen) atoms. The number of ether oxygens (including phenoxy) is 2. The lowest BCUT2D eigenvalue weighted by Gasteiger charge is -2.40. The molecular formula is C16H23NO4. The molecule has 1 aromatic rings. The Bertz CT molecular complexity index is 492. The molecule has 1 saturated carbocycles. The standard InChI is InChI=1S/C16H23NO4/c1-3-20-13-7-6-12(10-14(13)21-4-2)15(19)17-16(11-18)8-5-9-16/h6-7,10,18H,3-5,8-9,11H2,1-2H3,(H,17,19). The smallest absolute Gasteiger partial charge is 0.251 e. The van der Waals surface area contributed by atoms with Crippen LogP contribution in [0.3, 0.4) is 0 Å². The minimum atomic E-state index is -0.443. The number of hydrogen-bond donors (Lipinski definition) is 2. The highest BCUT2D eigenvalue weighted by molar-refractivity contribution is 5.95. The van der Waals surface area contributed by atoms with E-state index in [4.69, 9.17) is 9.47 Å². The molecule has 0 radical (unpaired) electrons. The van der Waals surface area contributed by atoms with Crippen molar-refractivity contribution in [3.8, 4) is 11.5 Å². The molecule has 5 heteroatoms. The van der Waals surface area contributed by atoms with E-state index in [1.807, 2.05) is 13.8 Å². The fourth-order valence-electron chi connectivity index (χ4n) is 2.43. The van der Waals surface area contributed by atoms with E-state index in [0.717, 1.165) is 19.3 Å². The Labute approximate surface area is 125 Å². The van der Waals surface area contributed by atoms with Crippen LogP contribution in [0.15, 0.2) is 18.2 Å². The second-order valence-corrected chi connectivity index (χ2v) is 5.27. The van der Waals surface area contributed by atoms with Crippen LogP contribution in [0.4, 0.5) is 0 Å². The van der Waals surface area contributed by atoms with Crippen molar-refractivity contribution in [2.45, 2.75) is 38.6 Å². The predicted molar refractivity (Wildman–Crippen MR) is 79.9 cm³/mol. The third-order valence-electron chi connectivity index (χ3n) is 3.80. The minimum absolute atomic E-state index is 0.0198. The van der Waals surface area contributed by atoms with Crippen LogP contribution in [-0.4, -0.2) is 36.4 Å². The van der Waals surface area contributed by atoms with E-state index in [0.29, 0.717) is 30.3 Å². The van der Waals surface area contributed by atoms with E-state index in [1.165, 1.54) is 0 Å². The first-order valence-electron chi connectivity index (χ1n) is 7.47. The average molecular weight is 293 g/mol. The number of carbonyl (C=O) groups excluding carboxylic acids is 1. The first-order valence-corrected chi connectivity index (χ1v) is 7.47. The zero-order valence-electron chi connectivity index (χ0n) is 12.6. The molecular weight excluding hydrogens is 270 g/mol. The van der Waals surface area contributed by atoms with Crippen molar-refractivity contribution in [2.75, 3.05) is 19.8 Å². The molecule has 1 aliphatic rings. The maximum atomic E-state index is 12.3. The van der Waals surface area contributed by atoms with Gasteiger partial charge in [-0.2, -0.15) is 0 Å². The Balaban J connectivity index is 2.15. The molecule has 5 nitrogen and oxygen atoms in total. The number of aliphatic hydroxyl groups excluding tert-OH is 1. The van der Waals surface area contributed by atoms with Crippen LogP contribution in [0.1, 0.15) is 43.5 Å². The maximum Gasteiger partial charge on any atom is 0.251 e. The molecule has 0 aromatic heterocycles. The van der Waals surface area contributed by atoms with Crippen molar-refractivity contribution in [2.24, 2.45) is 0 Å². The van der Waals surface area contributed by atoms with Gasteiger partial charge in [-0.3, -0.25) is 4.79 Å². The summed E-state index contributed by atoms with van der Waals surface area (Å²) in [6.45, 7) is 4.81. The number of aliphatic hydroxyl groups is 1. The Morgan fingerprint density at radius 2 is 1.90 bits per heavy atom. The van der Waals surface area contributed by atoms with Crippen molar-refractivity contribution < 1.29 is 19.4 Å². The normalized spacial score (nSPS) is 16.0. The largest absolute Gasteiger partial charge is 0.490 e. The fraction of sp³-hybridized carbons (Fsp3) is 0.562. The first-order chi connectivity index (χ1) is 10.1. The van der Waals surface area contributed by atoms with E-state index in [2.05, 4.69) is 5.32 Å². The van der Waals surface area contributed by atoms with Crippen LogP contribution in [0.2, 0.25) is 0 Å². The van der Waals surface area contributed by atoms with Gasteiger partial charge in [-0.25, -0.2) is 0 Å². The molecule has 1 fully saturated rings. The first kappa shape index (κ1) is 15.6. The van der Waals surface area contributed by atoms with Crippen LogP contribution in [0, 0.1) is 0 Å². The number of rotatable bonds is 7. The lowest BCUT2D eigenvalue weighted by atomic mass is 9.77. The van der Waals surface area contributed by atoms with Crippen LogP contribution >= 0.6 is 0 Å². The SMILES string of the molecule is CCOc1ccc(C(=O)NC2(CO)CCC2)cc1OCC. The van der Waals surface area contributed by atoms with Crippen LogP contribution in [0.5, 0.6) is 11.5 Å². The highest BCUT2D eigenvalue weighted by Crippen LogP contribution is 2.32. The van der Waals surface area contributed by atoms with Crippen molar-refractivity contribution in [3.63, 3.8) is 0 Å². The maximum absolute atomic E-state index is 12.3. The van der Waals surface area contributed by atoms with Gasteiger partial charge < -0.3 is 19.9 Å². The topological polar surface area (TPSA) is 67.8 Å². The Hall–Kier alpha value is -1.75. The predicted octanol–water partition coefficient (Wildman–Crippen LogP) is 2.13. The van der Waals surface area contributed by atoms with Gasteiger partial charge in [0.25, 0.3) is 5.91 Å². The summed E-state index contributed by atoms with van der Waals surface area (Å²) in [4.78, 5) is 12.3. The summed E-state index contributed by atoms with van der Waals surface area (Å²) >= 11 is 0. The lowest BCUT2D eigenvalue weighted by Crippen LogP contribution is -2.56. The van der Waals surface area contributed by atoms with Crippen molar-refractivity contribution in [3.05, 3.63) is 23.8 Å². The van der Waals surface area contributed by atoms with Crippen LogP contribution in [-0.2, 0) is 0 Å². The summed E-state index contributed by atoms with van der Waals surface area (Å²) in [5.41, 5.74) is 0.0724. The van der Waals surface area contributed by atoms with Gasteiger partial charge in [0.05, 0.1) is 25.4 Å². The minimum Gasteiger partial charge on any atom is -0.490 e. The van der Waals surface area contributed by atoms with Crippen LogP contribution in [0.25, 0.3) is 0 Å². The summed E-state index contributed by atoms with van der Waals surface area (Å²) in [6.07, 6.45) is 2.68. The van der Waals surface area contributed by atoms with E-state index in [9.17, 15) is 9.90 Å². The van der Waals surface area contributed by atoms with Gasteiger partial charge in [-0.05, 0) is 51.3 Å². The van der Waals surface area contributed by atoms with Gasteiger partial charge in [-0.1, -0.05) is 0 Å². The Kier molecular flexibility index (Phi) is 5.07. The summed E-state index contributed by atoms with van der Waals surface area (Å²) in [6, 6.07) is 5.15. The molecule has 116 valence electrons. The van der Waals surface area contributed by atoms with E-state index in [-0.39, 0.29) is 12.5 Å². The Morgan fingerprint density at radius 3 is 2.43 bits per heavy atom. The highest BCUT2D eigenvalue weighted by Gasteiger charge is 2.37. The number of nitrogens with one attached hydrogen (secondary N) is 1. The van der Waals surface area contributed by atoms with E-state index < -0.39 is 5.54 Å². The molecule has 2 rings (SSSR count). The zero-order valence-corrected chi connectivity index (χ0v) is 12.6. The molecule has 2 N–H and O–H groups in total. The molecule has 0 saturated heterocycles. The summed E-state index contributed by atoms with van der Waals surface area (Å²) < 4.78 is 11.0. The number of amides is 1. The molecule has 1 amide bonds. The second-order valence-electron chi connectivity index (χ2n) is 5.27. The molecule has 1 aliphatic carbocycles. The monoisotopic (exact) mass is 293 g/mol. The number of carbonyl (C=O) groups is 1. The van der Waals surface area contributed by atoms with Gasteiger partial charge in [0, 0.05) is 5.56 Å². The summed E-state index contributed by atoms with van der Waals surface area (Å²) in [5, 5.41) is 12.4. The molecule has 0 spiro atoms. The lowest BCUT2D eigenvalue weighted by molar-refractivity contribution is 0.0641. The van der Waals surface area contributed by atoms with Crippen LogP contribution < -0.4 is 14.8 Å². The average Bonchev–Trinajstić information content (AvgIpc) is 2.45. The highest BCUT2D eigenvalue weighted by atomic mass is 16.5. The quantitative estimate of drug-likeness (QED) is 0.808. The van der Waals surface area contributed by atoms with E-state index in [1.54, 1.807) is 18.2 Å². The molecule has 0 bridgehead atoms. The molecule has 1 aromatic carbocycles. The van der Waals surface area contributed by atoms with Crippen molar-refractivity contribution >= 4 is 5.91 Å². The molecule has 0 atom stereocenters. The second kappa shape index (κ2) is 6.80. The summed E-state index contributed by atoms with van der Waals surface area (Å²) in [7, 11) is 0. The fourth-order valence-corrected chi connectivity index (χ4v) is 2.43.